The Labute approximate surface area is 127 Å². The van der Waals surface area contributed by atoms with Crippen molar-refractivity contribution >= 4 is 11.8 Å². The molecule has 0 fully saturated rings. The lowest BCUT2D eigenvalue weighted by Crippen LogP contribution is -2.15. The Hall–Kier alpha value is -2.76. The highest BCUT2D eigenvalue weighted by molar-refractivity contribution is 5.88. The number of hydrogen-bond acceptors (Lipinski definition) is 5. The molecule has 1 aliphatic rings. The minimum atomic E-state index is -0.961. The smallest absolute Gasteiger partial charge is 0.335 e. The molecule has 1 aromatic carbocycles. The van der Waals surface area contributed by atoms with Gasteiger partial charge in [0.25, 0.3) is 0 Å². The number of carboxylic acids is 1. The van der Waals surface area contributed by atoms with Gasteiger partial charge < -0.3 is 19.9 Å². The van der Waals surface area contributed by atoms with E-state index in [-0.39, 0.29) is 5.56 Å². The van der Waals surface area contributed by atoms with Crippen LogP contribution in [0.4, 0.5) is 5.82 Å². The van der Waals surface area contributed by atoms with Gasteiger partial charge in [-0.2, -0.15) is 0 Å². The number of ether oxygens (including phenoxy) is 2. The van der Waals surface area contributed by atoms with Crippen LogP contribution in [0, 0.1) is 0 Å². The van der Waals surface area contributed by atoms with E-state index < -0.39 is 5.97 Å². The van der Waals surface area contributed by atoms with Crippen LogP contribution in [-0.2, 0) is 6.42 Å². The number of carbonyl (C=O) groups is 1. The minimum absolute atomic E-state index is 0.219. The summed E-state index contributed by atoms with van der Waals surface area (Å²) in [5.41, 5.74) is 1.34. The van der Waals surface area contributed by atoms with Crippen LogP contribution < -0.4 is 14.8 Å². The molecule has 2 heterocycles. The van der Waals surface area contributed by atoms with Gasteiger partial charge in [-0.05, 0) is 36.2 Å². The third-order valence-electron chi connectivity index (χ3n) is 3.33. The van der Waals surface area contributed by atoms with Gasteiger partial charge in [0.2, 0.25) is 0 Å². The van der Waals surface area contributed by atoms with Gasteiger partial charge >= 0.3 is 5.97 Å². The predicted molar refractivity (Wildman–Crippen MR) is 80.8 cm³/mol. The number of rotatable bonds is 5. The zero-order valence-electron chi connectivity index (χ0n) is 11.9. The molecule has 0 saturated heterocycles. The van der Waals surface area contributed by atoms with E-state index in [9.17, 15) is 4.79 Å². The minimum Gasteiger partial charge on any atom is -0.486 e. The number of nitrogens with zero attached hydrogens (tertiary/aromatic N) is 1. The molecule has 1 aromatic heterocycles. The molecule has 2 aromatic rings. The second-order valence-electron chi connectivity index (χ2n) is 4.89. The quantitative estimate of drug-likeness (QED) is 0.881. The standard InChI is InChI=1S/C16H16N2O4/c19-16(20)12-4-6-18-15(10-12)17-5-3-11-1-2-13-14(9-11)22-8-7-21-13/h1-2,4,6,9-10H,3,5,7-8H2,(H,17,18)(H,19,20). The van der Waals surface area contributed by atoms with Crippen LogP contribution in [0.15, 0.2) is 36.5 Å². The molecule has 0 radical (unpaired) electrons. The third kappa shape index (κ3) is 3.28. The van der Waals surface area contributed by atoms with E-state index >= 15 is 0 Å². The summed E-state index contributed by atoms with van der Waals surface area (Å²) in [4.78, 5) is 15.0. The number of aromatic carboxylic acids is 1. The number of pyridine rings is 1. The summed E-state index contributed by atoms with van der Waals surface area (Å²) in [6.45, 7) is 1.80. The molecule has 2 N–H and O–H groups in total. The molecule has 6 nitrogen and oxygen atoms in total. The highest BCUT2D eigenvalue weighted by Crippen LogP contribution is 2.30. The first-order chi connectivity index (χ1) is 10.7. The van der Waals surface area contributed by atoms with Crippen molar-refractivity contribution in [2.45, 2.75) is 6.42 Å². The van der Waals surface area contributed by atoms with Crippen molar-refractivity contribution in [1.82, 2.24) is 4.98 Å². The van der Waals surface area contributed by atoms with Crippen LogP contribution in [0.2, 0.25) is 0 Å². The molecule has 114 valence electrons. The Balaban J connectivity index is 1.59. The normalized spacial score (nSPS) is 12.7. The molecule has 0 spiro atoms. The Morgan fingerprint density at radius 3 is 2.82 bits per heavy atom. The molecular formula is C16H16N2O4. The van der Waals surface area contributed by atoms with E-state index in [0.717, 1.165) is 23.5 Å². The molecule has 0 atom stereocenters. The fourth-order valence-corrected chi connectivity index (χ4v) is 2.24. The molecule has 0 unspecified atom stereocenters. The number of nitrogens with one attached hydrogen (secondary N) is 1. The number of fused-ring (bicyclic) bond motifs is 1. The first-order valence-electron chi connectivity index (χ1n) is 7.04. The fraction of sp³-hybridized carbons (Fsp3) is 0.250. The topological polar surface area (TPSA) is 80.7 Å². The van der Waals surface area contributed by atoms with Crippen molar-refractivity contribution in [2.75, 3.05) is 25.1 Å². The van der Waals surface area contributed by atoms with E-state index in [4.69, 9.17) is 14.6 Å². The van der Waals surface area contributed by atoms with Crippen molar-refractivity contribution in [3.05, 3.63) is 47.7 Å². The van der Waals surface area contributed by atoms with Crippen LogP contribution in [0.1, 0.15) is 15.9 Å². The molecule has 22 heavy (non-hydrogen) atoms. The van der Waals surface area contributed by atoms with Gasteiger partial charge in [0.15, 0.2) is 11.5 Å². The Bertz CT molecular complexity index is 688. The molecule has 3 rings (SSSR count). The zero-order chi connectivity index (χ0) is 15.4. The van der Waals surface area contributed by atoms with E-state index in [0.29, 0.717) is 25.6 Å². The highest BCUT2D eigenvalue weighted by atomic mass is 16.6. The van der Waals surface area contributed by atoms with Gasteiger partial charge in [-0.3, -0.25) is 0 Å². The van der Waals surface area contributed by atoms with Gasteiger partial charge in [-0.25, -0.2) is 9.78 Å². The van der Waals surface area contributed by atoms with Gasteiger partial charge in [0, 0.05) is 12.7 Å². The van der Waals surface area contributed by atoms with Crippen molar-refractivity contribution in [2.24, 2.45) is 0 Å². The van der Waals surface area contributed by atoms with Gasteiger partial charge in [0.05, 0.1) is 5.56 Å². The molecule has 0 bridgehead atoms. The zero-order valence-corrected chi connectivity index (χ0v) is 11.9. The summed E-state index contributed by atoms with van der Waals surface area (Å²) < 4.78 is 11.0. The van der Waals surface area contributed by atoms with Crippen LogP contribution in [0.5, 0.6) is 11.5 Å². The van der Waals surface area contributed by atoms with Gasteiger partial charge in [0.1, 0.15) is 19.0 Å². The SMILES string of the molecule is O=C(O)c1ccnc(NCCc2ccc3c(c2)OCCO3)c1. The summed E-state index contributed by atoms with van der Waals surface area (Å²) in [5, 5.41) is 12.1. The Morgan fingerprint density at radius 1 is 1.18 bits per heavy atom. The third-order valence-corrected chi connectivity index (χ3v) is 3.33. The maximum Gasteiger partial charge on any atom is 0.335 e. The van der Waals surface area contributed by atoms with E-state index in [1.54, 1.807) is 0 Å². The van der Waals surface area contributed by atoms with Crippen LogP contribution in [0.3, 0.4) is 0 Å². The van der Waals surface area contributed by atoms with E-state index in [1.165, 1.54) is 18.3 Å². The van der Waals surface area contributed by atoms with Gasteiger partial charge in [-0.1, -0.05) is 6.07 Å². The van der Waals surface area contributed by atoms with Crippen LogP contribution in [-0.4, -0.2) is 35.8 Å². The van der Waals surface area contributed by atoms with E-state index in [1.807, 2.05) is 18.2 Å². The lowest BCUT2D eigenvalue weighted by atomic mass is 10.1. The Kier molecular flexibility index (Phi) is 4.09. The largest absolute Gasteiger partial charge is 0.486 e. The second kappa shape index (κ2) is 6.34. The molecular weight excluding hydrogens is 284 g/mol. The number of carboxylic acid groups (broad SMARTS) is 1. The summed E-state index contributed by atoms with van der Waals surface area (Å²) >= 11 is 0. The molecule has 0 amide bonds. The number of benzene rings is 1. The first kappa shape index (κ1) is 14.2. The second-order valence-corrected chi connectivity index (χ2v) is 4.89. The molecule has 6 heteroatoms. The number of anilines is 1. The first-order valence-corrected chi connectivity index (χ1v) is 7.04. The summed E-state index contributed by atoms with van der Waals surface area (Å²) in [6.07, 6.45) is 2.26. The molecule has 0 saturated carbocycles. The summed E-state index contributed by atoms with van der Waals surface area (Å²) in [5.74, 6) is 1.14. The summed E-state index contributed by atoms with van der Waals surface area (Å²) in [6, 6.07) is 8.86. The molecule has 0 aliphatic carbocycles. The van der Waals surface area contributed by atoms with Crippen LogP contribution >= 0.6 is 0 Å². The maximum atomic E-state index is 10.9. The lowest BCUT2D eigenvalue weighted by Gasteiger charge is -2.18. The van der Waals surface area contributed by atoms with Crippen molar-refractivity contribution in [3.8, 4) is 11.5 Å². The lowest BCUT2D eigenvalue weighted by molar-refractivity contribution is 0.0697. The number of aromatic nitrogens is 1. The monoisotopic (exact) mass is 300 g/mol. The highest BCUT2D eigenvalue weighted by Gasteiger charge is 2.11. The van der Waals surface area contributed by atoms with Crippen LogP contribution in [0.25, 0.3) is 0 Å². The number of hydrogen-bond donors (Lipinski definition) is 2. The molecule has 1 aliphatic heterocycles. The average Bonchev–Trinajstić information content (AvgIpc) is 2.55. The average molecular weight is 300 g/mol. The van der Waals surface area contributed by atoms with Crippen molar-refractivity contribution in [3.63, 3.8) is 0 Å². The predicted octanol–water partition coefficient (Wildman–Crippen LogP) is 2.21. The maximum absolute atomic E-state index is 10.9. The van der Waals surface area contributed by atoms with Crippen molar-refractivity contribution in [1.29, 1.82) is 0 Å². The van der Waals surface area contributed by atoms with E-state index in [2.05, 4.69) is 10.3 Å². The summed E-state index contributed by atoms with van der Waals surface area (Å²) in [7, 11) is 0. The van der Waals surface area contributed by atoms with Gasteiger partial charge in [-0.15, -0.1) is 0 Å². The Morgan fingerprint density at radius 2 is 2.00 bits per heavy atom. The van der Waals surface area contributed by atoms with Crippen molar-refractivity contribution < 1.29 is 19.4 Å². The fourth-order valence-electron chi connectivity index (χ4n) is 2.24.